The summed E-state index contributed by atoms with van der Waals surface area (Å²) in [7, 11) is 1.33. The summed E-state index contributed by atoms with van der Waals surface area (Å²) in [5, 5.41) is -1.23. The Morgan fingerprint density at radius 1 is 1.00 bits per heavy atom. The van der Waals surface area contributed by atoms with Gasteiger partial charge in [-0.3, -0.25) is 9.59 Å². The van der Waals surface area contributed by atoms with Crippen LogP contribution in [-0.4, -0.2) is 59.6 Å². The lowest BCUT2D eigenvalue weighted by Crippen LogP contribution is -2.48. The number of ether oxygens (including phenoxy) is 1. The summed E-state index contributed by atoms with van der Waals surface area (Å²) < 4.78 is 164. The molecule has 4 aromatic carbocycles. The van der Waals surface area contributed by atoms with E-state index in [1.165, 1.54) is 55.3 Å². The van der Waals surface area contributed by atoms with Gasteiger partial charge in [-0.05, 0) is 66.7 Å². The molecule has 0 atom stereocenters. The van der Waals surface area contributed by atoms with Gasteiger partial charge in [0.2, 0.25) is 5.91 Å². The van der Waals surface area contributed by atoms with Crippen molar-refractivity contribution in [3.05, 3.63) is 135 Å². The van der Waals surface area contributed by atoms with E-state index in [9.17, 15) is 25.1 Å². The van der Waals surface area contributed by atoms with E-state index in [1.54, 1.807) is 0 Å². The van der Waals surface area contributed by atoms with Crippen molar-refractivity contribution in [3.8, 4) is 11.1 Å². The Balaban J connectivity index is 1.50. The smallest absolute Gasteiger partial charge is 0.383 e. The molecule has 1 aliphatic rings. The van der Waals surface area contributed by atoms with Crippen LogP contribution < -0.4 is 5.43 Å². The first-order chi connectivity index (χ1) is 29.3. The zero-order chi connectivity index (χ0) is 46.6. The second-order valence-corrected chi connectivity index (χ2v) is 13.0. The number of thioether (sulfide) groups is 1. The van der Waals surface area contributed by atoms with Crippen LogP contribution in [0.2, 0.25) is 0 Å². The molecule has 0 aliphatic carbocycles. The molecule has 0 unspecified atom stereocenters. The summed E-state index contributed by atoms with van der Waals surface area (Å²) in [4.78, 5) is 31.3. The van der Waals surface area contributed by atoms with Gasteiger partial charge >= 0.3 is 6.18 Å². The summed E-state index contributed by atoms with van der Waals surface area (Å²) in [5.74, 6) is -4.04. The Labute approximate surface area is 323 Å². The van der Waals surface area contributed by atoms with Crippen LogP contribution in [0.3, 0.4) is 0 Å². The summed E-state index contributed by atoms with van der Waals surface area (Å²) >= 11 is 0.0404. The van der Waals surface area contributed by atoms with Crippen molar-refractivity contribution in [1.82, 2.24) is 14.4 Å². The lowest BCUT2D eigenvalue weighted by atomic mass is 10.00. The first-order valence-electron chi connectivity index (χ1n) is 21.4. The molecule has 0 radical (unpaired) electrons. The molecule has 5 aromatic rings. The van der Waals surface area contributed by atoms with E-state index in [0.717, 1.165) is 39.8 Å². The molecule has 6 nitrogen and oxygen atoms in total. The molecule has 1 fully saturated rings. The SMILES string of the molecule is [2H]c1c(C)c([2H])c2c(=O)c([2H])c(SC([2H])([2H])c3cccc(F)c3F)n(CC(=O)N(C3CCN(C([2H])([2H])COC)CC3)C([2H])([2H])c3ccc(-c4ccc(C(F)(F)F)cc4)cc3)c2c1[2H]. The van der Waals surface area contributed by atoms with Crippen molar-refractivity contribution in [2.45, 2.75) is 55.8 Å². The largest absolute Gasteiger partial charge is 0.416 e. The first kappa shape index (κ1) is 27.1. The predicted molar refractivity (Wildman–Crippen MR) is 198 cm³/mol. The van der Waals surface area contributed by atoms with Crippen LogP contribution in [0.5, 0.6) is 0 Å². The molecule has 6 rings (SSSR count). The van der Waals surface area contributed by atoms with Gasteiger partial charge in [-0.1, -0.05) is 60.1 Å². The normalized spacial score (nSPS) is 17.7. The Morgan fingerprint density at radius 3 is 2.34 bits per heavy atom. The molecular formula is C41H40F5N3O3S. The van der Waals surface area contributed by atoms with E-state index in [2.05, 4.69) is 0 Å². The lowest BCUT2D eigenvalue weighted by molar-refractivity contribution is -0.137. The average molecular weight is 760 g/mol. The number of halogens is 5. The number of hydrogen-bond donors (Lipinski definition) is 0. The van der Waals surface area contributed by atoms with Gasteiger partial charge in [-0.2, -0.15) is 13.2 Å². The average Bonchev–Trinajstić information content (AvgIpc) is 3.22. The van der Waals surface area contributed by atoms with Gasteiger partial charge in [-0.25, -0.2) is 8.78 Å². The highest BCUT2D eigenvalue weighted by Gasteiger charge is 2.31. The summed E-state index contributed by atoms with van der Waals surface area (Å²) in [5.41, 5.74) is -5.77. The number of fused-ring (bicyclic) bond motifs is 1. The number of benzene rings is 4. The molecule has 53 heavy (non-hydrogen) atoms. The third-order valence-corrected chi connectivity index (χ3v) is 9.43. The van der Waals surface area contributed by atoms with Crippen molar-refractivity contribution < 1.29 is 45.2 Å². The van der Waals surface area contributed by atoms with E-state index in [0.29, 0.717) is 11.1 Å². The van der Waals surface area contributed by atoms with Gasteiger partial charge < -0.3 is 19.1 Å². The molecule has 278 valence electrons. The van der Waals surface area contributed by atoms with Crippen molar-refractivity contribution in [2.24, 2.45) is 0 Å². The van der Waals surface area contributed by atoms with Gasteiger partial charge in [0, 0.05) is 67.4 Å². The van der Waals surface area contributed by atoms with Crippen molar-refractivity contribution in [1.29, 1.82) is 0 Å². The number of aromatic nitrogens is 1. The number of amides is 1. The fraction of sp³-hybridized carbons (Fsp3) is 0.317. The number of likely N-dealkylation sites (tertiary alicyclic amines) is 1. The second kappa shape index (κ2) is 16.7. The zero-order valence-corrected chi connectivity index (χ0v) is 29.4. The Kier molecular flexibility index (Phi) is 8.52. The number of carbonyl (C=O) groups excluding carboxylic acids is 1. The number of piperidine rings is 1. The van der Waals surface area contributed by atoms with Crippen LogP contribution in [0.4, 0.5) is 22.0 Å². The molecule has 0 saturated carbocycles. The molecule has 0 N–H and O–H groups in total. The van der Waals surface area contributed by atoms with E-state index in [1.807, 2.05) is 0 Å². The minimum Gasteiger partial charge on any atom is -0.383 e. The third-order valence-electron chi connectivity index (χ3n) is 8.59. The highest BCUT2D eigenvalue weighted by molar-refractivity contribution is 7.98. The van der Waals surface area contributed by atoms with E-state index < -0.39 is 112 Å². The van der Waals surface area contributed by atoms with E-state index >= 15 is 9.18 Å². The minimum absolute atomic E-state index is 0.00630. The monoisotopic (exact) mass is 759 g/mol. The number of methoxy groups -OCH3 is 1. The fourth-order valence-electron chi connectivity index (χ4n) is 5.84. The molecule has 1 saturated heterocycles. The molecule has 1 aliphatic heterocycles. The number of alkyl halides is 3. The van der Waals surface area contributed by atoms with E-state index in [-0.39, 0.29) is 55.4 Å². The quantitative estimate of drug-likeness (QED) is 0.0942. The Morgan fingerprint density at radius 2 is 1.68 bits per heavy atom. The highest BCUT2D eigenvalue weighted by Crippen LogP contribution is 2.32. The molecular weight excluding hydrogens is 710 g/mol. The zero-order valence-electron chi connectivity index (χ0n) is 38.5. The van der Waals surface area contributed by atoms with Gasteiger partial charge in [0.1, 0.15) is 6.54 Å². The summed E-state index contributed by atoms with van der Waals surface area (Å²) in [6.07, 6.45) is -4.56. The number of hydrogen-bond acceptors (Lipinski definition) is 5. The van der Waals surface area contributed by atoms with Crippen molar-refractivity contribution in [2.75, 3.05) is 33.3 Å². The Hall–Kier alpha value is -4.52. The summed E-state index contributed by atoms with van der Waals surface area (Å²) in [6.45, 7) is -4.64. The number of rotatable bonds is 12. The van der Waals surface area contributed by atoms with Crippen LogP contribution in [0.25, 0.3) is 22.0 Å². The molecule has 2 heterocycles. The molecule has 1 amide bonds. The fourth-order valence-corrected chi connectivity index (χ4v) is 6.61. The number of carbonyl (C=O) groups is 1. The maximum atomic E-state index is 15.1. The maximum Gasteiger partial charge on any atom is 0.416 e. The summed E-state index contributed by atoms with van der Waals surface area (Å²) in [6, 6.07) is 8.86. The molecule has 12 heteroatoms. The third kappa shape index (κ3) is 9.17. The molecule has 1 aromatic heterocycles. The number of pyridine rings is 1. The number of nitrogens with zero attached hydrogens (tertiary/aromatic N) is 3. The topological polar surface area (TPSA) is 54.8 Å². The van der Waals surface area contributed by atoms with Gasteiger partial charge in [0.25, 0.3) is 0 Å². The minimum atomic E-state index is -4.57. The second-order valence-electron chi connectivity index (χ2n) is 12.2. The highest BCUT2D eigenvalue weighted by atomic mass is 32.2. The predicted octanol–water partition coefficient (Wildman–Crippen LogP) is 8.71. The lowest BCUT2D eigenvalue weighted by Gasteiger charge is -2.39. The van der Waals surface area contributed by atoms with Crippen LogP contribution >= 0.6 is 11.8 Å². The Bertz CT molecular complexity index is 2610. The van der Waals surface area contributed by atoms with Gasteiger partial charge in [0.15, 0.2) is 17.1 Å². The van der Waals surface area contributed by atoms with E-state index in [4.69, 9.17) is 15.7 Å². The maximum absolute atomic E-state index is 15.1. The van der Waals surface area contributed by atoms with Crippen molar-refractivity contribution in [3.63, 3.8) is 0 Å². The van der Waals surface area contributed by atoms with Crippen LogP contribution in [0, 0.1) is 18.6 Å². The molecule has 0 spiro atoms. The molecule has 0 bridgehead atoms. The van der Waals surface area contributed by atoms with Crippen LogP contribution in [0.1, 0.15) is 48.8 Å². The standard InChI is InChI=1S/C41H40F5N3O3S/c1-27-6-15-36-34(22-27)37(50)23-39(53-26-31-4-3-5-35(42)40(31)43)49(36)25-38(51)48(33-16-18-47(19-17-33)20-21-52-2)24-28-7-9-29(10-8-28)30-11-13-32(14-12-30)41(44,45)46/h3-15,22-23,33H,16-21,24-26H2,1-2H3/i6D,15D,20D2,22D,23D,24D2,26D2. The van der Waals surface area contributed by atoms with Gasteiger partial charge in [-0.15, -0.1) is 11.8 Å². The first-order valence-corrected chi connectivity index (χ1v) is 17.3. The van der Waals surface area contributed by atoms with Crippen molar-refractivity contribution >= 4 is 28.6 Å². The van der Waals surface area contributed by atoms with Crippen LogP contribution in [0.15, 0.2) is 101 Å². The van der Waals surface area contributed by atoms with Gasteiger partial charge in [0.05, 0.1) is 30.9 Å². The van der Waals surface area contributed by atoms with Crippen LogP contribution in [-0.2, 0) is 34.5 Å².